The number of carbonyl (C=O) groups is 2. The summed E-state index contributed by atoms with van der Waals surface area (Å²) in [5.74, 6) is 0.747. The van der Waals surface area contributed by atoms with E-state index in [9.17, 15) is 9.59 Å². The molecule has 1 aromatic rings. The van der Waals surface area contributed by atoms with Gasteiger partial charge in [-0.1, -0.05) is 30.4 Å². The van der Waals surface area contributed by atoms with Gasteiger partial charge in [0.2, 0.25) is 11.8 Å². The summed E-state index contributed by atoms with van der Waals surface area (Å²) in [6.07, 6.45) is 4.21. The zero-order valence-electron chi connectivity index (χ0n) is 15.7. The second kappa shape index (κ2) is 9.53. The number of morpholine rings is 1. The van der Waals surface area contributed by atoms with E-state index in [1.165, 1.54) is 0 Å². The van der Waals surface area contributed by atoms with Crippen LogP contribution < -0.4 is 10.1 Å². The number of hydrogen-bond acceptors (Lipinski definition) is 5. The Labute approximate surface area is 159 Å². The van der Waals surface area contributed by atoms with Crippen LogP contribution in [-0.4, -0.2) is 80.7 Å². The summed E-state index contributed by atoms with van der Waals surface area (Å²) in [5.41, 5.74) is 0.988. The molecule has 0 aromatic heterocycles. The molecule has 7 heteroatoms. The summed E-state index contributed by atoms with van der Waals surface area (Å²) in [4.78, 5) is 28.8. The van der Waals surface area contributed by atoms with Gasteiger partial charge >= 0.3 is 0 Å². The van der Waals surface area contributed by atoms with Crippen molar-refractivity contribution < 1.29 is 19.1 Å². The third-order valence-corrected chi connectivity index (χ3v) is 4.95. The molecule has 1 atom stereocenters. The Morgan fingerprint density at radius 2 is 2.07 bits per heavy atom. The minimum Gasteiger partial charge on any atom is -0.496 e. The minimum absolute atomic E-state index is 0.0130. The number of hydrogen-bond donors (Lipinski definition) is 1. The van der Waals surface area contributed by atoms with E-state index in [0.717, 1.165) is 17.9 Å². The van der Waals surface area contributed by atoms with Crippen molar-refractivity contribution in [2.45, 2.75) is 12.5 Å². The molecule has 2 fully saturated rings. The molecule has 7 nitrogen and oxygen atoms in total. The Bertz CT molecular complexity index is 686. The van der Waals surface area contributed by atoms with Crippen LogP contribution in [0.5, 0.6) is 5.75 Å². The van der Waals surface area contributed by atoms with Crippen molar-refractivity contribution in [3.8, 4) is 5.75 Å². The van der Waals surface area contributed by atoms with Gasteiger partial charge in [0.25, 0.3) is 0 Å². The summed E-state index contributed by atoms with van der Waals surface area (Å²) >= 11 is 0. The molecule has 0 bridgehead atoms. The van der Waals surface area contributed by atoms with Gasteiger partial charge in [-0.05, 0) is 6.07 Å². The number of methoxy groups -OCH3 is 1. The van der Waals surface area contributed by atoms with Crippen molar-refractivity contribution in [3.05, 3.63) is 35.9 Å². The maximum Gasteiger partial charge on any atom is 0.237 e. The van der Waals surface area contributed by atoms with Gasteiger partial charge in [-0.15, -0.1) is 0 Å². The SMILES string of the molecule is COc1ccccc1/C=C/CN1CCNC(=O)[C@H]1CC(=O)N1CCOCC1. The number of carbonyl (C=O) groups excluding carboxylic acids is 2. The number of rotatable bonds is 6. The number of piperazine rings is 1. The number of ether oxygens (including phenoxy) is 2. The summed E-state index contributed by atoms with van der Waals surface area (Å²) < 4.78 is 10.6. The monoisotopic (exact) mass is 373 g/mol. The van der Waals surface area contributed by atoms with Crippen molar-refractivity contribution in [2.75, 3.05) is 53.0 Å². The Balaban J connectivity index is 1.62. The molecule has 2 amide bonds. The lowest BCUT2D eigenvalue weighted by atomic mass is 10.1. The first kappa shape index (κ1) is 19.4. The molecule has 0 aliphatic carbocycles. The molecule has 1 N–H and O–H groups in total. The van der Waals surface area contributed by atoms with E-state index in [0.29, 0.717) is 39.4 Å². The highest BCUT2D eigenvalue weighted by molar-refractivity contribution is 5.89. The summed E-state index contributed by atoms with van der Waals surface area (Å²) in [7, 11) is 1.65. The van der Waals surface area contributed by atoms with E-state index >= 15 is 0 Å². The van der Waals surface area contributed by atoms with Gasteiger partial charge in [0.05, 0.1) is 32.8 Å². The first-order valence-corrected chi connectivity index (χ1v) is 9.36. The van der Waals surface area contributed by atoms with Crippen molar-refractivity contribution in [3.63, 3.8) is 0 Å². The molecular formula is C20H27N3O4. The minimum atomic E-state index is -0.434. The smallest absolute Gasteiger partial charge is 0.237 e. The predicted molar refractivity (Wildman–Crippen MR) is 102 cm³/mol. The first-order valence-electron chi connectivity index (χ1n) is 9.36. The fourth-order valence-electron chi connectivity index (χ4n) is 3.43. The van der Waals surface area contributed by atoms with Gasteiger partial charge in [0.15, 0.2) is 0 Å². The van der Waals surface area contributed by atoms with Crippen LogP contribution in [0, 0.1) is 0 Å². The quantitative estimate of drug-likeness (QED) is 0.797. The van der Waals surface area contributed by atoms with Gasteiger partial charge in [0.1, 0.15) is 5.75 Å². The Kier molecular flexibility index (Phi) is 6.84. The summed E-state index contributed by atoms with van der Waals surface area (Å²) in [5, 5.41) is 2.88. The van der Waals surface area contributed by atoms with Crippen LogP contribution >= 0.6 is 0 Å². The van der Waals surface area contributed by atoms with Gasteiger partial charge in [-0.3, -0.25) is 14.5 Å². The molecule has 27 heavy (non-hydrogen) atoms. The molecule has 2 saturated heterocycles. The normalized spacial score (nSPS) is 21.3. The van der Waals surface area contributed by atoms with E-state index in [1.807, 2.05) is 36.4 Å². The van der Waals surface area contributed by atoms with E-state index in [2.05, 4.69) is 10.2 Å². The highest BCUT2D eigenvalue weighted by Gasteiger charge is 2.32. The highest BCUT2D eigenvalue weighted by atomic mass is 16.5. The maximum atomic E-state index is 12.6. The lowest BCUT2D eigenvalue weighted by molar-refractivity contribution is -0.141. The average molecular weight is 373 g/mol. The molecule has 0 spiro atoms. The van der Waals surface area contributed by atoms with Gasteiger partial charge in [0, 0.05) is 38.3 Å². The van der Waals surface area contributed by atoms with Gasteiger partial charge in [-0.25, -0.2) is 0 Å². The van der Waals surface area contributed by atoms with E-state index in [1.54, 1.807) is 12.0 Å². The highest BCUT2D eigenvalue weighted by Crippen LogP contribution is 2.19. The van der Waals surface area contributed by atoms with Crippen LogP contribution in [0.3, 0.4) is 0 Å². The van der Waals surface area contributed by atoms with Crippen LogP contribution in [-0.2, 0) is 14.3 Å². The first-order chi connectivity index (χ1) is 13.2. The summed E-state index contributed by atoms with van der Waals surface area (Å²) in [6, 6.07) is 7.35. The predicted octanol–water partition coefficient (Wildman–Crippen LogP) is 0.758. The number of benzene rings is 1. The molecule has 2 heterocycles. The van der Waals surface area contributed by atoms with Crippen LogP contribution in [0.1, 0.15) is 12.0 Å². The van der Waals surface area contributed by atoms with Crippen LogP contribution in [0.15, 0.2) is 30.3 Å². The Morgan fingerprint density at radius 3 is 2.85 bits per heavy atom. The lowest BCUT2D eigenvalue weighted by Crippen LogP contribution is -2.57. The van der Waals surface area contributed by atoms with Crippen molar-refractivity contribution in [1.82, 2.24) is 15.1 Å². The largest absolute Gasteiger partial charge is 0.496 e. The Hall–Kier alpha value is -2.38. The fourth-order valence-corrected chi connectivity index (χ4v) is 3.43. The maximum absolute atomic E-state index is 12.6. The fraction of sp³-hybridized carbons (Fsp3) is 0.500. The number of nitrogens with zero attached hydrogens (tertiary/aromatic N) is 2. The summed E-state index contributed by atoms with van der Waals surface area (Å²) in [6.45, 7) is 4.25. The molecule has 0 radical (unpaired) electrons. The molecule has 0 saturated carbocycles. The standard InChI is InChI=1S/C20H27N3O4/c1-26-18-7-3-2-5-16(18)6-4-9-22-10-8-21-20(25)17(22)15-19(24)23-11-13-27-14-12-23/h2-7,17H,8-15H2,1H3,(H,21,25)/b6-4+/t17-/m1/s1. The molecule has 1 aromatic carbocycles. The molecule has 3 rings (SSSR count). The van der Waals surface area contributed by atoms with Crippen molar-refractivity contribution in [2.24, 2.45) is 0 Å². The van der Waals surface area contributed by atoms with Crippen molar-refractivity contribution in [1.29, 1.82) is 0 Å². The lowest BCUT2D eigenvalue weighted by Gasteiger charge is -2.35. The number of amides is 2. The van der Waals surface area contributed by atoms with Crippen LogP contribution in [0.2, 0.25) is 0 Å². The molecule has 0 unspecified atom stereocenters. The zero-order valence-corrected chi connectivity index (χ0v) is 15.7. The topological polar surface area (TPSA) is 71.1 Å². The number of para-hydroxylation sites is 1. The number of nitrogens with one attached hydrogen (secondary N) is 1. The van der Waals surface area contributed by atoms with E-state index in [-0.39, 0.29) is 18.2 Å². The van der Waals surface area contributed by atoms with Gasteiger partial charge < -0.3 is 19.7 Å². The van der Waals surface area contributed by atoms with E-state index in [4.69, 9.17) is 9.47 Å². The van der Waals surface area contributed by atoms with Gasteiger partial charge in [-0.2, -0.15) is 0 Å². The molecular weight excluding hydrogens is 346 g/mol. The zero-order chi connectivity index (χ0) is 19.1. The average Bonchev–Trinajstić information content (AvgIpc) is 2.71. The Morgan fingerprint density at radius 1 is 1.30 bits per heavy atom. The van der Waals surface area contributed by atoms with Crippen LogP contribution in [0.25, 0.3) is 6.08 Å². The second-order valence-corrected chi connectivity index (χ2v) is 6.64. The third kappa shape index (κ3) is 5.08. The molecule has 146 valence electrons. The second-order valence-electron chi connectivity index (χ2n) is 6.64. The third-order valence-electron chi connectivity index (χ3n) is 4.95. The molecule has 2 aliphatic heterocycles. The van der Waals surface area contributed by atoms with Crippen molar-refractivity contribution >= 4 is 17.9 Å². The van der Waals surface area contributed by atoms with E-state index < -0.39 is 6.04 Å². The van der Waals surface area contributed by atoms with Crippen LogP contribution in [0.4, 0.5) is 0 Å². The molecule has 2 aliphatic rings.